The van der Waals surface area contributed by atoms with Crippen LogP contribution in [0.25, 0.3) is 0 Å². The van der Waals surface area contributed by atoms with Crippen LogP contribution in [-0.4, -0.2) is 30.2 Å². The Labute approximate surface area is 152 Å². The van der Waals surface area contributed by atoms with E-state index in [-0.39, 0.29) is 12.3 Å². The molecule has 0 saturated heterocycles. The molecule has 0 aliphatic carbocycles. The van der Waals surface area contributed by atoms with E-state index >= 15 is 0 Å². The number of anilines is 1. The van der Waals surface area contributed by atoms with Crippen LogP contribution >= 0.6 is 0 Å². The summed E-state index contributed by atoms with van der Waals surface area (Å²) in [4.78, 5) is 23.1. The Morgan fingerprint density at radius 2 is 1.85 bits per heavy atom. The number of aryl methyl sites for hydroxylation is 1. The number of benzene rings is 2. The fourth-order valence-corrected chi connectivity index (χ4v) is 2.47. The van der Waals surface area contributed by atoms with Crippen LogP contribution < -0.4 is 10.1 Å². The highest BCUT2D eigenvalue weighted by molar-refractivity contribution is 5.94. The molecule has 2 N–H and O–H groups in total. The van der Waals surface area contributed by atoms with Gasteiger partial charge in [-0.1, -0.05) is 24.3 Å². The van der Waals surface area contributed by atoms with Gasteiger partial charge >= 0.3 is 5.97 Å². The summed E-state index contributed by atoms with van der Waals surface area (Å²) in [5.41, 5.74) is 2.39. The number of nitrogens with one attached hydrogen (secondary N) is 1. The van der Waals surface area contributed by atoms with Gasteiger partial charge in [0.25, 0.3) is 5.91 Å². The number of rotatable bonds is 8. The monoisotopic (exact) mass is 357 g/mol. The van der Waals surface area contributed by atoms with Gasteiger partial charge in [0.1, 0.15) is 5.75 Å². The Morgan fingerprint density at radius 3 is 2.42 bits per heavy atom. The normalized spacial score (nSPS) is 12.9. The molecule has 2 aromatic carbocycles. The highest BCUT2D eigenvalue weighted by atomic mass is 16.5. The van der Waals surface area contributed by atoms with Crippen LogP contribution in [-0.2, 0) is 14.3 Å². The van der Waals surface area contributed by atoms with Crippen molar-refractivity contribution in [3.8, 4) is 5.75 Å². The fraction of sp³-hybridized carbons (Fsp3) is 0.300. The zero-order chi connectivity index (χ0) is 19.1. The van der Waals surface area contributed by atoms with E-state index in [0.29, 0.717) is 11.4 Å². The molecule has 0 heterocycles. The lowest BCUT2D eigenvalue weighted by molar-refractivity contribution is -0.139. The Bertz CT molecular complexity index is 757. The molecule has 0 saturated carbocycles. The van der Waals surface area contributed by atoms with Crippen LogP contribution in [0.5, 0.6) is 5.75 Å². The Hall–Kier alpha value is -2.86. The molecule has 138 valence electrons. The lowest BCUT2D eigenvalue weighted by Gasteiger charge is -2.16. The standard InChI is InChI=1S/C20H23NO5/c1-13-5-4-6-17(11-13)26-14(2)20(24)21-16-9-7-15(8-10-16)18(25-3)12-19(22)23/h4-11,14,18H,12H2,1-3H3,(H,21,24)(H,22,23). The van der Waals surface area contributed by atoms with E-state index in [4.69, 9.17) is 14.6 Å². The maximum atomic E-state index is 12.3. The molecule has 0 fully saturated rings. The van der Waals surface area contributed by atoms with Gasteiger partial charge in [-0.2, -0.15) is 0 Å². The van der Waals surface area contributed by atoms with Crippen LogP contribution in [0.3, 0.4) is 0 Å². The Morgan fingerprint density at radius 1 is 1.15 bits per heavy atom. The molecule has 6 heteroatoms. The summed E-state index contributed by atoms with van der Waals surface area (Å²) < 4.78 is 10.8. The van der Waals surface area contributed by atoms with Crippen molar-refractivity contribution in [3.05, 3.63) is 59.7 Å². The molecular formula is C20H23NO5. The van der Waals surface area contributed by atoms with E-state index in [1.165, 1.54) is 7.11 Å². The van der Waals surface area contributed by atoms with Gasteiger partial charge in [0.15, 0.2) is 6.10 Å². The lowest BCUT2D eigenvalue weighted by atomic mass is 10.1. The van der Waals surface area contributed by atoms with Crippen molar-refractivity contribution in [2.75, 3.05) is 12.4 Å². The molecule has 0 aliphatic heterocycles. The van der Waals surface area contributed by atoms with E-state index in [2.05, 4.69) is 5.32 Å². The van der Waals surface area contributed by atoms with Crippen molar-refractivity contribution in [2.24, 2.45) is 0 Å². The topological polar surface area (TPSA) is 84.9 Å². The quantitative estimate of drug-likeness (QED) is 0.754. The number of aliphatic carboxylic acids is 1. The van der Waals surface area contributed by atoms with Gasteiger partial charge in [0, 0.05) is 12.8 Å². The molecule has 6 nitrogen and oxygen atoms in total. The maximum absolute atomic E-state index is 12.3. The second-order valence-corrected chi connectivity index (χ2v) is 6.01. The van der Waals surface area contributed by atoms with Gasteiger partial charge in [0.2, 0.25) is 0 Å². The molecule has 2 rings (SSSR count). The van der Waals surface area contributed by atoms with Gasteiger partial charge in [-0.25, -0.2) is 0 Å². The summed E-state index contributed by atoms with van der Waals surface area (Å²) in [5.74, 6) is -0.566. The summed E-state index contributed by atoms with van der Waals surface area (Å²) in [6.45, 7) is 3.64. The highest BCUT2D eigenvalue weighted by Gasteiger charge is 2.17. The van der Waals surface area contributed by atoms with Crippen molar-refractivity contribution in [2.45, 2.75) is 32.5 Å². The molecule has 0 bridgehead atoms. The van der Waals surface area contributed by atoms with Gasteiger partial charge in [-0.15, -0.1) is 0 Å². The fourth-order valence-electron chi connectivity index (χ4n) is 2.47. The molecule has 1 amide bonds. The second-order valence-electron chi connectivity index (χ2n) is 6.01. The first-order valence-corrected chi connectivity index (χ1v) is 8.27. The molecule has 0 spiro atoms. The average molecular weight is 357 g/mol. The molecule has 2 aromatic rings. The van der Waals surface area contributed by atoms with Crippen LogP contribution in [0, 0.1) is 6.92 Å². The SMILES string of the molecule is COC(CC(=O)O)c1ccc(NC(=O)C(C)Oc2cccc(C)c2)cc1. The van der Waals surface area contributed by atoms with E-state index in [0.717, 1.165) is 11.1 Å². The summed E-state index contributed by atoms with van der Waals surface area (Å²) in [6.07, 6.45) is -1.31. The van der Waals surface area contributed by atoms with Gasteiger partial charge < -0.3 is 19.9 Å². The van der Waals surface area contributed by atoms with Crippen molar-refractivity contribution < 1.29 is 24.2 Å². The van der Waals surface area contributed by atoms with Crippen LogP contribution in [0.2, 0.25) is 0 Å². The van der Waals surface area contributed by atoms with Crippen molar-refractivity contribution in [3.63, 3.8) is 0 Å². The number of amides is 1. The number of hydrogen-bond donors (Lipinski definition) is 2. The van der Waals surface area contributed by atoms with Gasteiger partial charge in [0.05, 0.1) is 12.5 Å². The molecule has 2 unspecified atom stereocenters. The second kappa shape index (κ2) is 9.01. The summed E-state index contributed by atoms with van der Waals surface area (Å²) >= 11 is 0. The van der Waals surface area contributed by atoms with E-state index in [1.54, 1.807) is 37.3 Å². The molecule has 0 aromatic heterocycles. The zero-order valence-corrected chi connectivity index (χ0v) is 15.1. The maximum Gasteiger partial charge on any atom is 0.306 e. The van der Waals surface area contributed by atoms with E-state index < -0.39 is 18.2 Å². The molecule has 2 atom stereocenters. The van der Waals surface area contributed by atoms with E-state index in [9.17, 15) is 9.59 Å². The summed E-state index contributed by atoms with van der Waals surface area (Å²) in [6, 6.07) is 14.4. The predicted molar refractivity (Wildman–Crippen MR) is 98.3 cm³/mol. The first-order chi connectivity index (χ1) is 12.4. The van der Waals surface area contributed by atoms with Gasteiger partial charge in [-0.3, -0.25) is 9.59 Å². The third-order valence-electron chi connectivity index (χ3n) is 3.87. The zero-order valence-electron chi connectivity index (χ0n) is 15.1. The minimum Gasteiger partial charge on any atom is -0.481 e. The van der Waals surface area contributed by atoms with Crippen LogP contribution in [0.1, 0.15) is 30.6 Å². The third-order valence-corrected chi connectivity index (χ3v) is 3.87. The first-order valence-electron chi connectivity index (χ1n) is 8.27. The largest absolute Gasteiger partial charge is 0.481 e. The number of methoxy groups -OCH3 is 1. The number of carbonyl (C=O) groups excluding carboxylic acids is 1. The Kier molecular flexibility index (Phi) is 6.74. The van der Waals surface area contributed by atoms with Crippen LogP contribution in [0.15, 0.2) is 48.5 Å². The van der Waals surface area contributed by atoms with Crippen molar-refractivity contribution in [1.82, 2.24) is 0 Å². The Balaban J connectivity index is 1.97. The number of carboxylic acids is 1. The van der Waals surface area contributed by atoms with E-state index in [1.807, 2.05) is 25.1 Å². The highest BCUT2D eigenvalue weighted by Crippen LogP contribution is 2.22. The first kappa shape index (κ1) is 19.5. The molecule has 26 heavy (non-hydrogen) atoms. The van der Waals surface area contributed by atoms with Gasteiger partial charge in [-0.05, 0) is 49.2 Å². The number of ether oxygens (including phenoxy) is 2. The predicted octanol–water partition coefficient (Wildman–Crippen LogP) is 3.56. The minimum atomic E-state index is -0.934. The summed E-state index contributed by atoms with van der Waals surface area (Å²) in [7, 11) is 1.47. The van der Waals surface area contributed by atoms with Crippen molar-refractivity contribution in [1.29, 1.82) is 0 Å². The van der Waals surface area contributed by atoms with Crippen LogP contribution in [0.4, 0.5) is 5.69 Å². The smallest absolute Gasteiger partial charge is 0.306 e. The third kappa shape index (κ3) is 5.60. The molecule has 0 aliphatic rings. The number of hydrogen-bond acceptors (Lipinski definition) is 4. The number of carbonyl (C=O) groups is 2. The minimum absolute atomic E-state index is 0.121. The lowest BCUT2D eigenvalue weighted by Crippen LogP contribution is -2.30. The molecule has 0 radical (unpaired) electrons. The number of carboxylic acid groups (broad SMARTS) is 1. The molecular weight excluding hydrogens is 334 g/mol. The average Bonchev–Trinajstić information content (AvgIpc) is 2.60. The van der Waals surface area contributed by atoms with Crippen molar-refractivity contribution >= 4 is 17.6 Å². The summed E-state index contributed by atoms with van der Waals surface area (Å²) in [5, 5.41) is 11.7.